The Balaban J connectivity index is 1.23. The van der Waals surface area contributed by atoms with Crippen molar-refractivity contribution < 1.29 is 22.9 Å². The van der Waals surface area contributed by atoms with Crippen LogP contribution in [0.15, 0.2) is 42.5 Å². The number of carbonyl (C=O) groups excluding carboxylic acids is 1. The Labute approximate surface area is 214 Å². The van der Waals surface area contributed by atoms with Crippen LogP contribution >= 0.6 is 0 Å². The largest absolute Gasteiger partial charge is 0.423 e. The second-order valence-corrected chi connectivity index (χ2v) is 9.95. The third-order valence-electron chi connectivity index (χ3n) is 7.50. The number of benzene rings is 2. The van der Waals surface area contributed by atoms with Crippen LogP contribution in [0.4, 0.5) is 30.2 Å². The van der Waals surface area contributed by atoms with Crippen LogP contribution in [-0.2, 0) is 17.4 Å². The number of nitro groups is 1. The fourth-order valence-corrected chi connectivity index (χ4v) is 5.26. The van der Waals surface area contributed by atoms with E-state index < -0.39 is 22.4 Å². The average molecular weight is 519 g/mol. The normalized spacial score (nSPS) is 18.8. The van der Waals surface area contributed by atoms with E-state index in [4.69, 9.17) is 0 Å². The first-order chi connectivity index (χ1) is 17.6. The molecule has 2 saturated heterocycles. The molecule has 4 rings (SSSR count). The van der Waals surface area contributed by atoms with Crippen LogP contribution in [0.5, 0.6) is 0 Å². The van der Waals surface area contributed by atoms with E-state index in [1.165, 1.54) is 17.3 Å². The number of likely N-dealkylation sites (tertiary alicyclic amines) is 1. The highest BCUT2D eigenvalue weighted by Crippen LogP contribution is 2.38. The Morgan fingerprint density at radius 2 is 1.78 bits per heavy atom. The van der Waals surface area contributed by atoms with Gasteiger partial charge in [0.1, 0.15) is 5.56 Å². The lowest BCUT2D eigenvalue weighted by atomic mass is 9.91. The van der Waals surface area contributed by atoms with E-state index in [1.54, 1.807) is 4.90 Å². The summed E-state index contributed by atoms with van der Waals surface area (Å²) in [6.45, 7) is 5.06. The van der Waals surface area contributed by atoms with Gasteiger partial charge in [0, 0.05) is 56.1 Å². The average Bonchev–Trinajstić information content (AvgIpc) is 3.35. The van der Waals surface area contributed by atoms with E-state index >= 15 is 0 Å². The van der Waals surface area contributed by atoms with Crippen molar-refractivity contribution in [3.05, 3.63) is 63.7 Å². The highest BCUT2D eigenvalue weighted by molar-refractivity contribution is 5.76. The maximum Gasteiger partial charge on any atom is 0.423 e. The van der Waals surface area contributed by atoms with Gasteiger partial charge in [0.05, 0.1) is 4.92 Å². The van der Waals surface area contributed by atoms with Crippen LogP contribution in [0, 0.1) is 16.0 Å². The molecule has 0 unspecified atom stereocenters. The van der Waals surface area contributed by atoms with E-state index in [9.17, 15) is 28.1 Å². The number of nitro benzene ring substituents is 1. The molecule has 2 heterocycles. The van der Waals surface area contributed by atoms with Gasteiger partial charge in [-0.2, -0.15) is 13.2 Å². The maximum absolute atomic E-state index is 13.3. The highest BCUT2D eigenvalue weighted by Gasteiger charge is 2.38. The zero-order valence-corrected chi connectivity index (χ0v) is 21.0. The summed E-state index contributed by atoms with van der Waals surface area (Å²) in [6.07, 6.45) is 0.224. The smallest absolute Gasteiger partial charge is 0.380 e. The second kappa shape index (κ2) is 11.4. The molecule has 10 heteroatoms. The number of anilines is 2. The molecule has 2 aliphatic heterocycles. The molecule has 2 aliphatic rings. The summed E-state index contributed by atoms with van der Waals surface area (Å²) in [5, 5.41) is 14.0. The lowest BCUT2D eigenvalue weighted by molar-refractivity contribution is -0.388. The van der Waals surface area contributed by atoms with Crippen LogP contribution in [-0.4, -0.2) is 48.0 Å². The van der Waals surface area contributed by atoms with Crippen molar-refractivity contribution >= 4 is 23.0 Å². The van der Waals surface area contributed by atoms with E-state index in [0.29, 0.717) is 31.8 Å². The predicted molar refractivity (Wildman–Crippen MR) is 137 cm³/mol. The van der Waals surface area contributed by atoms with Crippen molar-refractivity contribution in [2.24, 2.45) is 5.92 Å². The number of piperidine rings is 1. The molecule has 0 radical (unpaired) electrons. The van der Waals surface area contributed by atoms with Gasteiger partial charge in [-0.05, 0) is 67.9 Å². The van der Waals surface area contributed by atoms with Gasteiger partial charge in [-0.15, -0.1) is 0 Å². The number of alkyl halides is 3. The molecule has 0 saturated carbocycles. The fraction of sp³-hybridized carbons (Fsp3) is 0.519. The van der Waals surface area contributed by atoms with Crippen LogP contribution in [0.2, 0.25) is 0 Å². The Morgan fingerprint density at radius 1 is 1.08 bits per heavy atom. The minimum Gasteiger partial charge on any atom is -0.380 e. The zero-order chi connectivity index (χ0) is 26.6. The van der Waals surface area contributed by atoms with Crippen molar-refractivity contribution in [3.8, 4) is 0 Å². The molecule has 2 fully saturated rings. The molecule has 0 aromatic heterocycles. The number of hydrogen-bond acceptors (Lipinski definition) is 5. The van der Waals surface area contributed by atoms with Crippen molar-refractivity contribution in [3.63, 3.8) is 0 Å². The summed E-state index contributed by atoms with van der Waals surface area (Å²) in [4.78, 5) is 26.9. The third kappa shape index (κ3) is 6.72. The quantitative estimate of drug-likeness (QED) is 0.349. The Kier molecular flexibility index (Phi) is 8.24. The summed E-state index contributed by atoms with van der Waals surface area (Å²) in [6, 6.07) is 11.4. The molecule has 200 valence electrons. The van der Waals surface area contributed by atoms with Gasteiger partial charge >= 0.3 is 6.18 Å². The summed E-state index contributed by atoms with van der Waals surface area (Å²) in [5.41, 5.74) is 0.486. The Morgan fingerprint density at radius 3 is 2.41 bits per heavy atom. The van der Waals surface area contributed by atoms with Gasteiger partial charge in [-0.3, -0.25) is 14.9 Å². The molecule has 7 nitrogen and oxygen atoms in total. The number of aryl methyl sites for hydroxylation is 1. The zero-order valence-electron chi connectivity index (χ0n) is 21.0. The number of hydrogen-bond donors (Lipinski definition) is 1. The van der Waals surface area contributed by atoms with Crippen LogP contribution in [0.25, 0.3) is 0 Å². The number of amides is 1. The number of nitrogens with one attached hydrogen (secondary N) is 1. The van der Waals surface area contributed by atoms with Crippen molar-refractivity contribution in [2.75, 3.05) is 36.4 Å². The van der Waals surface area contributed by atoms with Crippen LogP contribution < -0.4 is 10.2 Å². The standard InChI is InChI=1S/C27H33F3N4O3/c1-2-19-3-7-23(8-4-19)32-14-11-20(12-15-32)5-10-26(35)33-16-13-22(18-33)31-21-6-9-25(34(36)37)24(17-21)27(28,29)30/h3-4,6-9,17,20,22,31H,2,5,10-16,18H2,1H3/t22-/m1/s1. The second-order valence-electron chi connectivity index (χ2n) is 9.95. The first-order valence-electron chi connectivity index (χ1n) is 12.9. The fourth-order valence-electron chi connectivity index (χ4n) is 5.26. The number of carbonyl (C=O) groups is 1. The topological polar surface area (TPSA) is 78.7 Å². The minimum absolute atomic E-state index is 0.0709. The molecule has 37 heavy (non-hydrogen) atoms. The van der Waals surface area contributed by atoms with Gasteiger partial charge in [-0.25, -0.2) is 0 Å². The van der Waals surface area contributed by atoms with Gasteiger partial charge in [0.15, 0.2) is 0 Å². The number of nitrogens with zero attached hydrogens (tertiary/aromatic N) is 3. The molecular formula is C27H33F3N4O3. The molecule has 1 amide bonds. The van der Waals surface area contributed by atoms with Gasteiger partial charge in [0.25, 0.3) is 5.69 Å². The van der Waals surface area contributed by atoms with E-state index in [-0.39, 0.29) is 17.6 Å². The molecular weight excluding hydrogens is 485 g/mol. The predicted octanol–water partition coefficient (Wildman–Crippen LogP) is 5.89. The van der Waals surface area contributed by atoms with Crippen LogP contribution in [0.1, 0.15) is 50.2 Å². The van der Waals surface area contributed by atoms with Crippen molar-refractivity contribution in [2.45, 2.75) is 57.7 Å². The Bertz CT molecular complexity index is 1100. The van der Waals surface area contributed by atoms with Gasteiger partial charge in [-0.1, -0.05) is 19.1 Å². The Hall–Kier alpha value is -3.30. The van der Waals surface area contributed by atoms with Crippen molar-refractivity contribution in [1.82, 2.24) is 4.90 Å². The first kappa shape index (κ1) is 26.8. The molecule has 0 spiro atoms. The van der Waals surface area contributed by atoms with Gasteiger partial charge in [0.2, 0.25) is 5.91 Å². The lowest BCUT2D eigenvalue weighted by Gasteiger charge is -2.34. The molecule has 1 N–H and O–H groups in total. The first-order valence-corrected chi connectivity index (χ1v) is 12.9. The monoisotopic (exact) mass is 518 g/mol. The van der Waals surface area contributed by atoms with E-state index in [1.807, 2.05) is 0 Å². The molecule has 2 aromatic carbocycles. The number of halogens is 3. The summed E-state index contributed by atoms with van der Waals surface area (Å²) in [5.74, 6) is 0.578. The van der Waals surface area contributed by atoms with Crippen LogP contribution in [0.3, 0.4) is 0 Å². The molecule has 1 atom stereocenters. The number of rotatable bonds is 8. The third-order valence-corrected chi connectivity index (χ3v) is 7.50. The highest BCUT2D eigenvalue weighted by atomic mass is 19.4. The maximum atomic E-state index is 13.3. The molecule has 0 bridgehead atoms. The van der Waals surface area contributed by atoms with Crippen molar-refractivity contribution in [1.29, 1.82) is 0 Å². The van der Waals surface area contributed by atoms with E-state index in [2.05, 4.69) is 41.4 Å². The summed E-state index contributed by atoms with van der Waals surface area (Å²) < 4.78 is 39.8. The summed E-state index contributed by atoms with van der Waals surface area (Å²) in [7, 11) is 0. The minimum atomic E-state index is -4.83. The SMILES string of the molecule is CCc1ccc(N2CCC(CCC(=O)N3CC[C@@H](Nc4ccc([N+](=O)[O-])c(C(F)(F)F)c4)C3)CC2)cc1. The van der Waals surface area contributed by atoms with E-state index in [0.717, 1.165) is 50.9 Å². The van der Waals surface area contributed by atoms with Gasteiger partial charge < -0.3 is 15.1 Å². The summed E-state index contributed by atoms with van der Waals surface area (Å²) >= 11 is 0. The lowest BCUT2D eigenvalue weighted by Crippen LogP contribution is -2.35. The molecule has 0 aliphatic carbocycles. The molecule has 2 aromatic rings.